The van der Waals surface area contributed by atoms with Gasteiger partial charge in [0.1, 0.15) is 11.3 Å². The van der Waals surface area contributed by atoms with Gasteiger partial charge in [0.2, 0.25) is 0 Å². The summed E-state index contributed by atoms with van der Waals surface area (Å²) in [4.78, 5) is 19.7. The van der Waals surface area contributed by atoms with Crippen molar-refractivity contribution in [2.24, 2.45) is 0 Å². The number of H-pyrrole nitrogens is 1. The smallest absolute Gasteiger partial charge is 0.336 e. The molecule has 32 heavy (non-hydrogen) atoms. The van der Waals surface area contributed by atoms with Gasteiger partial charge in [-0.3, -0.25) is 4.90 Å². The van der Waals surface area contributed by atoms with Gasteiger partial charge in [-0.05, 0) is 73.8 Å². The first-order chi connectivity index (χ1) is 15.7. The molecule has 1 aliphatic heterocycles. The van der Waals surface area contributed by atoms with E-state index < -0.39 is 0 Å². The molecule has 6 heteroatoms. The Morgan fingerprint density at radius 2 is 1.88 bits per heavy atom. The summed E-state index contributed by atoms with van der Waals surface area (Å²) >= 11 is 0. The van der Waals surface area contributed by atoms with E-state index >= 15 is 0 Å². The number of aromatic amines is 1. The van der Waals surface area contributed by atoms with Gasteiger partial charge in [0.05, 0.1) is 7.11 Å². The summed E-state index contributed by atoms with van der Waals surface area (Å²) in [7, 11) is 1.71. The van der Waals surface area contributed by atoms with Crippen molar-refractivity contribution in [1.29, 1.82) is 0 Å². The third-order valence-corrected chi connectivity index (χ3v) is 6.49. The van der Waals surface area contributed by atoms with Gasteiger partial charge in [-0.1, -0.05) is 0 Å². The first kappa shape index (κ1) is 20.6. The highest BCUT2D eigenvalue weighted by molar-refractivity contribution is 5.84. The van der Waals surface area contributed by atoms with Crippen molar-refractivity contribution in [1.82, 2.24) is 9.88 Å². The fraction of sp³-hybridized carbons (Fsp3) is 0.346. The molecule has 1 N–H and O–H groups in total. The van der Waals surface area contributed by atoms with Crippen LogP contribution >= 0.6 is 0 Å². The minimum absolute atomic E-state index is 0.303. The number of piperazine rings is 1. The van der Waals surface area contributed by atoms with Crippen molar-refractivity contribution in [2.75, 3.05) is 44.7 Å². The number of fused-ring (bicyclic) bond motifs is 2. The van der Waals surface area contributed by atoms with Crippen molar-refractivity contribution < 1.29 is 9.15 Å². The topological polar surface area (TPSA) is 61.7 Å². The van der Waals surface area contributed by atoms with Crippen molar-refractivity contribution >= 4 is 27.6 Å². The Morgan fingerprint density at radius 1 is 1.00 bits per heavy atom. The van der Waals surface area contributed by atoms with Gasteiger partial charge in [-0.15, -0.1) is 0 Å². The van der Waals surface area contributed by atoms with Crippen molar-refractivity contribution in [3.63, 3.8) is 0 Å². The maximum atomic E-state index is 11.4. The van der Waals surface area contributed by atoms with Crippen LogP contribution in [0.1, 0.15) is 18.4 Å². The normalized spacial score (nSPS) is 15.0. The summed E-state index contributed by atoms with van der Waals surface area (Å²) in [6.07, 6.45) is 5.60. The van der Waals surface area contributed by atoms with E-state index in [1.807, 2.05) is 18.2 Å². The van der Waals surface area contributed by atoms with E-state index in [1.54, 1.807) is 7.11 Å². The third kappa shape index (κ3) is 4.36. The number of benzene rings is 2. The molecule has 4 aromatic rings. The second-order valence-corrected chi connectivity index (χ2v) is 8.49. The number of anilines is 1. The number of ether oxygens (including phenoxy) is 1. The molecule has 5 rings (SSSR count). The quantitative estimate of drug-likeness (QED) is 0.347. The number of methoxy groups -OCH3 is 1. The average molecular weight is 432 g/mol. The summed E-state index contributed by atoms with van der Waals surface area (Å²) in [5, 5.41) is 2.24. The lowest BCUT2D eigenvalue weighted by Gasteiger charge is -2.36. The van der Waals surface area contributed by atoms with Crippen LogP contribution in [0.25, 0.3) is 21.9 Å². The molecule has 0 spiro atoms. The standard InChI is InChI=1S/C26H29N3O3/c1-31-22-7-8-24-23(17-22)20(18-27-24)4-2-3-11-28-12-14-29(15-13-28)21-6-9-25-19(16-21)5-10-26(30)32-25/h5-10,16-18,27H,2-4,11-15H2,1H3. The van der Waals surface area contributed by atoms with Crippen LogP contribution in [0.3, 0.4) is 0 Å². The molecule has 0 amide bonds. The number of aryl methyl sites for hydroxylation is 1. The highest BCUT2D eigenvalue weighted by Gasteiger charge is 2.17. The number of rotatable bonds is 7. The van der Waals surface area contributed by atoms with Gasteiger partial charge >= 0.3 is 5.63 Å². The number of nitrogens with one attached hydrogen (secondary N) is 1. The molecule has 1 fully saturated rings. The molecular formula is C26H29N3O3. The molecule has 6 nitrogen and oxygen atoms in total. The molecule has 1 saturated heterocycles. The molecule has 3 heterocycles. The second kappa shape index (κ2) is 9.09. The van der Waals surface area contributed by atoms with Crippen LogP contribution < -0.4 is 15.3 Å². The Hall–Kier alpha value is -3.25. The number of hydrogen-bond donors (Lipinski definition) is 1. The monoisotopic (exact) mass is 431 g/mol. The Balaban J connectivity index is 1.10. The molecule has 0 unspecified atom stereocenters. The highest BCUT2D eigenvalue weighted by atomic mass is 16.5. The minimum Gasteiger partial charge on any atom is -0.497 e. The van der Waals surface area contributed by atoms with Gasteiger partial charge in [-0.2, -0.15) is 0 Å². The summed E-state index contributed by atoms with van der Waals surface area (Å²) in [6, 6.07) is 15.6. The maximum Gasteiger partial charge on any atom is 0.336 e. The Kier molecular flexibility index (Phi) is 5.86. The van der Waals surface area contributed by atoms with Crippen LogP contribution in [0.5, 0.6) is 5.75 Å². The molecular weight excluding hydrogens is 402 g/mol. The Labute approximate surface area is 187 Å². The first-order valence-electron chi connectivity index (χ1n) is 11.3. The average Bonchev–Trinajstić information content (AvgIpc) is 3.24. The van der Waals surface area contributed by atoms with Gasteiger partial charge < -0.3 is 19.0 Å². The molecule has 0 aliphatic carbocycles. The van der Waals surface area contributed by atoms with Gasteiger partial charge in [-0.25, -0.2) is 4.79 Å². The maximum absolute atomic E-state index is 11.4. The van der Waals surface area contributed by atoms with E-state index in [9.17, 15) is 4.79 Å². The summed E-state index contributed by atoms with van der Waals surface area (Å²) in [5.74, 6) is 0.909. The number of aromatic nitrogens is 1. The molecule has 2 aromatic heterocycles. The van der Waals surface area contributed by atoms with E-state index in [-0.39, 0.29) is 5.63 Å². The van der Waals surface area contributed by atoms with Crippen LogP contribution in [0.15, 0.2) is 63.9 Å². The Morgan fingerprint density at radius 3 is 2.72 bits per heavy atom. The lowest BCUT2D eigenvalue weighted by atomic mass is 10.1. The predicted octanol–water partition coefficient (Wildman–Crippen LogP) is 4.43. The molecule has 0 radical (unpaired) electrons. The predicted molar refractivity (Wildman–Crippen MR) is 129 cm³/mol. The lowest BCUT2D eigenvalue weighted by Crippen LogP contribution is -2.46. The minimum atomic E-state index is -0.303. The van der Waals surface area contributed by atoms with E-state index in [4.69, 9.17) is 9.15 Å². The zero-order valence-corrected chi connectivity index (χ0v) is 18.5. The van der Waals surface area contributed by atoms with Crippen LogP contribution in [-0.4, -0.2) is 49.7 Å². The molecule has 0 atom stereocenters. The largest absolute Gasteiger partial charge is 0.497 e. The van der Waals surface area contributed by atoms with Gasteiger partial charge in [0.25, 0.3) is 0 Å². The molecule has 1 aliphatic rings. The zero-order chi connectivity index (χ0) is 21.9. The van der Waals surface area contributed by atoms with E-state index in [2.05, 4.69) is 45.2 Å². The zero-order valence-electron chi connectivity index (χ0n) is 18.5. The van der Waals surface area contributed by atoms with Gasteiger partial charge in [0, 0.05) is 60.4 Å². The molecule has 166 valence electrons. The molecule has 0 saturated carbocycles. The van der Waals surface area contributed by atoms with Crippen molar-refractivity contribution in [3.8, 4) is 5.75 Å². The van der Waals surface area contributed by atoms with E-state index in [1.165, 1.54) is 41.1 Å². The van der Waals surface area contributed by atoms with E-state index in [0.29, 0.717) is 5.58 Å². The Bertz CT molecular complexity index is 1270. The summed E-state index contributed by atoms with van der Waals surface area (Å²) in [6.45, 7) is 5.33. The van der Waals surface area contributed by atoms with Gasteiger partial charge in [0.15, 0.2) is 0 Å². The lowest BCUT2D eigenvalue weighted by molar-refractivity contribution is 0.253. The van der Waals surface area contributed by atoms with E-state index in [0.717, 1.165) is 50.3 Å². The van der Waals surface area contributed by atoms with Crippen LogP contribution in [0, 0.1) is 0 Å². The van der Waals surface area contributed by atoms with Crippen LogP contribution in [-0.2, 0) is 6.42 Å². The summed E-state index contributed by atoms with van der Waals surface area (Å²) in [5.41, 5.74) is 4.08. The van der Waals surface area contributed by atoms with Crippen molar-refractivity contribution in [3.05, 3.63) is 70.7 Å². The number of nitrogens with zero attached hydrogens (tertiary/aromatic N) is 2. The summed E-state index contributed by atoms with van der Waals surface area (Å²) < 4.78 is 10.6. The fourth-order valence-electron chi connectivity index (χ4n) is 4.63. The third-order valence-electron chi connectivity index (χ3n) is 6.49. The first-order valence-corrected chi connectivity index (χ1v) is 11.3. The van der Waals surface area contributed by atoms with Crippen molar-refractivity contribution in [2.45, 2.75) is 19.3 Å². The van der Waals surface area contributed by atoms with Crippen LogP contribution in [0.4, 0.5) is 5.69 Å². The SMILES string of the molecule is COc1ccc2[nH]cc(CCCCN3CCN(c4ccc5oc(=O)ccc5c4)CC3)c2c1. The highest BCUT2D eigenvalue weighted by Crippen LogP contribution is 2.25. The molecule has 2 aromatic carbocycles. The second-order valence-electron chi connectivity index (χ2n) is 8.49. The van der Waals surface area contributed by atoms with Crippen LogP contribution in [0.2, 0.25) is 0 Å². The fourth-order valence-corrected chi connectivity index (χ4v) is 4.63. The number of unbranched alkanes of at least 4 members (excludes halogenated alkanes) is 1. The number of hydrogen-bond acceptors (Lipinski definition) is 5. The molecule has 0 bridgehead atoms.